The predicted octanol–water partition coefficient (Wildman–Crippen LogP) is 3.04. The first-order chi connectivity index (χ1) is 6.29. The number of H-pyrrole nitrogens is 1. The van der Waals surface area contributed by atoms with Gasteiger partial charge in [-0.1, -0.05) is 35.9 Å². The van der Waals surface area contributed by atoms with Gasteiger partial charge in [-0.3, -0.25) is 5.10 Å². The van der Waals surface area contributed by atoms with Crippen molar-refractivity contribution >= 4 is 11.6 Å². The van der Waals surface area contributed by atoms with E-state index in [1.54, 1.807) is 6.20 Å². The van der Waals surface area contributed by atoms with Gasteiger partial charge in [-0.25, -0.2) is 0 Å². The molecule has 0 saturated heterocycles. The van der Waals surface area contributed by atoms with Crippen molar-refractivity contribution in [3.63, 3.8) is 0 Å². The van der Waals surface area contributed by atoms with E-state index in [1.807, 2.05) is 31.2 Å². The van der Waals surface area contributed by atoms with Crippen molar-refractivity contribution in [2.24, 2.45) is 0 Å². The number of hydrogen-bond donors (Lipinski definition) is 1. The molecule has 3 heteroatoms. The van der Waals surface area contributed by atoms with Gasteiger partial charge in [0, 0.05) is 5.56 Å². The van der Waals surface area contributed by atoms with Crippen molar-refractivity contribution in [2.45, 2.75) is 6.92 Å². The molecule has 0 atom stereocenters. The van der Waals surface area contributed by atoms with Gasteiger partial charge < -0.3 is 0 Å². The standard InChI is InChI=1S/C10H9ClN2/c1-7-4-2-3-5-8(7)10-9(11)6-12-13-10/h2-6H,1H3,(H,12,13). The van der Waals surface area contributed by atoms with E-state index in [9.17, 15) is 0 Å². The maximum Gasteiger partial charge on any atom is 0.0863 e. The Balaban J connectivity index is 2.59. The third kappa shape index (κ3) is 1.45. The number of aromatic amines is 1. The van der Waals surface area contributed by atoms with Crippen LogP contribution in [0.25, 0.3) is 11.3 Å². The minimum atomic E-state index is 0.661. The lowest BCUT2D eigenvalue weighted by atomic mass is 10.1. The van der Waals surface area contributed by atoms with Gasteiger partial charge in [0.1, 0.15) is 0 Å². The van der Waals surface area contributed by atoms with Crippen LogP contribution in [0.2, 0.25) is 5.02 Å². The average molecular weight is 193 g/mol. The fourth-order valence-electron chi connectivity index (χ4n) is 1.31. The largest absolute Gasteiger partial charge is 0.276 e. The molecule has 0 saturated carbocycles. The molecule has 1 aromatic heterocycles. The molecule has 0 aliphatic heterocycles. The number of nitrogens with one attached hydrogen (secondary N) is 1. The molecule has 0 spiro atoms. The number of benzene rings is 1. The quantitative estimate of drug-likeness (QED) is 0.739. The first kappa shape index (κ1) is 8.32. The average Bonchev–Trinajstić information content (AvgIpc) is 2.52. The van der Waals surface area contributed by atoms with Crippen LogP contribution < -0.4 is 0 Å². The van der Waals surface area contributed by atoms with Crippen molar-refractivity contribution in [1.29, 1.82) is 0 Å². The second-order valence-corrected chi connectivity index (χ2v) is 3.32. The van der Waals surface area contributed by atoms with E-state index < -0.39 is 0 Å². The molecule has 1 aromatic carbocycles. The van der Waals surface area contributed by atoms with Crippen molar-refractivity contribution in [3.8, 4) is 11.3 Å². The molecule has 2 aromatic rings. The molecule has 0 aliphatic carbocycles. The number of aryl methyl sites for hydroxylation is 1. The summed E-state index contributed by atoms with van der Waals surface area (Å²) in [6.07, 6.45) is 1.61. The number of hydrogen-bond acceptors (Lipinski definition) is 1. The van der Waals surface area contributed by atoms with Gasteiger partial charge in [0.2, 0.25) is 0 Å². The first-order valence-electron chi connectivity index (χ1n) is 4.04. The smallest absolute Gasteiger partial charge is 0.0863 e. The van der Waals surface area contributed by atoms with Gasteiger partial charge in [-0.05, 0) is 12.5 Å². The van der Waals surface area contributed by atoms with Gasteiger partial charge in [0.05, 0.1) is 16.9 Å². The highest BCUT2D eigenvalue weighted by molar-refractivity contribution is 6.33. The highest BCUT2D eigenvalue weighted by atomic mass is 35.5. The highest BCUT2D eigenvalue weighted by Crippen LogP contribution is 2.27. The molecule has 0 unspecified atom stereocenters. The Morgan fingerprint density at radius 2 is 2.08 bits per heavy atom. The monoisotopic (exact) mass is 192 g/mol. The molecule has 2 rings (SSSR count). The molecule has 0 fully saturated rings. The van der Waals surface area contributed by atoms with Crippen LogP contribution in [0.15, 0.2) is 30.5 Å². The van der Waals surface area contributed by atoms with Crippen molar-refractivity contribution < 1.29 is 0 Å². The van der Waals surface area contributed by atoms with E-state index in [0.717, 1.165) is 11.3 Å². The van der Waals surface area contributed by atoms with E-state index in [1.165, 1.54) is 5.56 Å². The van der Waals surface area contributed by atoms with Crippen LogP contribution in [0, 0.1) is 6.92 Å². The van der Waals surface area contributed by atoms with Gasteiger partial charge >= 0.3 is 0 Å². The molecular weight excluding hydrogens is 184 g/mol. The fraction of sp³-hybridized carbons (Fsp3) is 0.100. The molecule has 0 radical (unpaired) electrons. The summed E-state index contributed by atoms with van der Waals surface area (Å²) in [5.74, 6) is 0. The molecule has 1 N–H and O–H groups in total. The summed E-state index contributed by atoms with van der Waals surface area (Å²) >= 11 is 5.95. The Morgan fingerprint density at radius 3 is 2.69 bits per heavy atom. The van der Waals surface area contributed by atoms with Crippen LogP contribution in [-0.2, 0) is 0 Å². The zero-order chi connectivity index (χ0) is 9.26. The summed E-state index contributed by atoms with van der Waals surface area (Å²) < 4.78 is 0. The zero-order valence-electron chi connectivity index (χ0n) is 7.21. The van der Waals surface area contributed by atoms with E-state index >= 15 is 0 Å². The van der Waals surface area contributed by atoms with Crippen LogP contribution in [-0.4, -0.2) is 10.2 Å². The maximum absolute atomic E-state index is 5.95. The Morgan fingerprint density at radius 1 is 1.31 bits per heavy atom. The summed E-state index contributed by atoms with van der Waals surface area (Å²) in [6.45, 7) is 2.05. The Labute approximate surface area is 81.6 Å². The van der Waals surface area contributed by atoms with Gasteiger partial charge in [0.25, 0.3) is 0 Å². The molecule has 0 amide bonds. The molecule has 2 nitrogen and oxygen atoms in total. The highest BCUT2D eigenvalue weighted by Gasteiger charge is 2.06. The van der Waals surface area contributed by atoms with Crippen LogP contribution in [0.3, 0.4) is 0 Å². The summed E-state index contributed by atoms with van der Waals surface area (Å²) in [4.78, 5) is 0. The second-order valence-electron chi connectivity index (χ2n) is 2.91. The topological polar surface area (TPSA) is 28.7 Å². The maximum atomic E-state index is 5.95. The Bertz CT molecular complexity index is 420. The molecule has 66 valence electrons. The van der Waals surface area contributed by atoms with E-state index in [4.69, 9.17) is 11.6 Å². The van der Waals surface area contributed by atoms with Crippen LogP contribution in [0.5, 0.6) is 0 Å². The zero-order valence-corrected chi connectivity index (χ0v) is 7.97. The van der Waals surface area contributed by atoms with Gasteiger partial charge in [-0.15, -0.1) is 0 Å². The van der Waals surface area contributed by atoms with Gasteiger partial charge in [0.15, 0.2) is 0 Å². The first-order valence-corrected chi connectivity index (χ1v) is 4.41. The Hall–Kier alpha value is -1.28. The summed E-state index contributed by atoms with van der Waals surface area (Å²) in [6, 6.07) is 8.06. The third-order valence-corrected chi connectivity index (χ3v) is 2.29. The van der Waals surface area contributed by atoms with E-state index in [0.29, 0.717) is 5.02 Å². The van der Waals surface area contributed by atoms with Crippen LogP contribution in [0.1, 0.15) is 5.56 Å². The predicted molar refractivity (Wildman–Crippen MR) is 53.8 cm³/mol. The normalized spacial score (nSPS) is 10.3. The number of rotatable bonds is 1. The Kier molecular flexibility index (Phi) is 2.07. The summed E-state index contributed by atoms with van der Waals surface area (Å²) in [5.41, 5.74) is 3.18. The number of nitrogens with zero attached hydrogens (tertiary/aromatic N) is 1. The minimum Gasteiger partial charge on any atom is -0.276 e. The second kappa shape index (κ2) is 3.23. The lowest BCUT2D eigenvalue weighted by molar-refractivity contribution is 1.09. The molecule has 1 heterocycles. The molecule has 0 bridgehead atoms. The number of aromatic nitrogens is 2. The van der Waals surface area contributed by atoms with Crippen molar-refractivity contribution in [3.05, 3.63) is 41.0 Å². The molecule has 0 aliphatic rings. The van der Waals surface area contributed by atoms with Crippen molar-refractivity contribution in [2.75, 3.05) is 0 Å². The lowest BCUT2D eigenvalue weighted by Gasteiger charge is -2.02. The third-order valence-electron chi connectivity index (χ3n) is 2.01. The van der Waals surface area contributed by atoms with Gasteiger partial charge in [-0.2, -0.15) is 5.10 Å². The number of halogens is 1. The summed E-state index contributed by atoms with van der Waals surface area (Å²) in [5, 5.41) is 7.42. The fourth-order valence-corrected chi connectivity index (χ4v) is 1.51. The SMILES string of the molecule is Cc1ccccc1-c1[nH]ncc1Cl. The lowest BCUT2D eigenvalue weighted by Crippen LogP contribution is -1.83. The minimum absolute atomic E-state index is 0.661. The molecular formula is C10H9ClN2. The molecule has 13 heavy (non-hydrogen) atoms. The van der Waals surface area contributed by atoms with Crippen LogP contribution in [0.4, 0.5) is 0 Å². The van der Waals surface area contributed by atoms with Crippen LogP contribution >= 0.6 is 11.6 Å². The van der Waals surface area contributed by atoms with Crippen molar-refractivity contribution in [1.82, 2.24) is 10.2 Å². The van der Waals surface area contributed by atoms with E-state index in [-0.39, 0.29) is 0 Å². The summed E-state index contributed by atoms with van der Waals surface area (Å²) in [7, 11) is 0. The van der Waals surface area contributed by atoms with E-state index in [2.05, 4.69) is 10.2 Å².